The summed E-state index contributed by atoms with van der Waals surface area (Å²) >= 11 is 0. The highest BCUT2D eigenvalue weighted by molar-refractivity contribution is 5.80. The Balaban J connectivity index is 0.000000114. The highest BCUT2D eigenvalue weighted by Crippen LogP contribution is 2.32. The molecular weight excluding hydrogens is 136 g/mol. The first-order chi connectivity index (χ1) is 5.24. The van der Waals surface area contributed by atoms with Crippen molar-refractivity contribution in [1.82, 2.24) is 0 Å². The van der Waals surface area contributed by atoms with E-state index < -0.39 is 0 Å². The Morgan fingerprint density at radius 1 is 1.27 bits per heavy atom. The highest BCUT2D eigenvalue weighted by atomic mass is 16.1. The van der Waals surface area contributed by atoms with Crippen molar-refractivity contribution in [2.24, 2.45) is 5.92 Å². The smallest absolute Gasteiger partial charge is 0.122 e. The summed E-state index contributed by atoms with van der Waals surface area (Å²) in [5.74, 6) is 0.204. The predicted octanol–water partition coefficient (Wildman–Crippen LogP) is 2.51. The van der Waals surface area contributed by atoms with Gasteiger partial charge < -0.3 is 4.79 Å². The molecule has 2 aliphatic carbocycles. The molecule has 58 valence electrons. The zero-order valence-corrected chi connectivity index (χ0v) is 6.87. The number of carbonyl (C=O) groups is 1. The second kappa shape index (κ2) is 3.33. The van der Waals surface area contributed by atoms with Gasteiger partial charge in [0.05, 0.1) is 0 Å². The van der Waals surface area contributed by atoms with E-state index in [2.05, 4.69) is 24.3 Å². The Bertz CT molecular complexity index is 234. The molecule has 11 heavy (non-hydrogen) atoms. The number of rotatable bonds is 1. The van der Waals surface area contributed by atoms with Gasteiger partial charge in [-0.05, 0) is 17.2 Å². The van der Waals surface area contributed by atoms with Gasteiger partial charge in [-0.25, -0.2) is 0 Å². The van der Waals surface area contributed by atoms with Crippen molar-refractivity contribution >= 4 is 6.29 Å². The van der Waals surface area contributed by atoms with Crippen molar-refractivity contribution in [1.29, 1.82) is 0 Å². The maximum atomic E-state index is 9.50. The second-order valence-electron chi connectivity index (χ2n) is 2.96. The Morgan fingerprint density at radius 2 is 1.73 bits per heavy atom. The average molecular weight is 148 g/mol. The number of carbonyl (C=O) groups excluding carboxylic acids is 1. The van der Waals surface area contributed by atoms with Gasteiger partial charge in [-0.3, -0.25) is 0 Å². The van der Waals surface area contributed by atoms with Crippen molar-refractivity contribution in [2.45, 2.75) is 13.8 Å². The van der Waals surface area contributed by atoms with E-state index in [0.717, 1.165) is 6.29 Å². The van der Waals surface area contributed by atoms with Crippen molar-refractivity contribution < 1.29 is 4.79 Å². The summed E-state index contributed by atoms with van der Waals surface area (Å²) in [7, 11) is 0. The van der Waals surface area contributed by atoms with E-state index in [1.54, 1.807) is 0 Å². The van der Waals surface area contributed by atoms with E-state index in [-0.39, 0.29) is 5.92 Å². The molecule has 0 fully saturated rings. The summed E-state index contributed by atoms with van der Waals surface area (Å²) in [5.41, 5.74) is 2.85. The molecule has 0 aliphatic heterocycles. The monoisotopic (exact) mass is 148 g/mol. The molecule has 0 saturated carbocycles. The van der Waals surface area contributed by atoms with E-state index in [1.807, 2.05) is 13.8 Å². The van der Waals surface area contributed by atoms with Gasteiger partial charge in [-0.2, -0.15) is 0 Å². The Labute approximate surface area is 67.1 Å². The third kappa shape index (κ3) is 2.54. The van der Waals surface area contributed by atoms with Crippen LogP contribution in [-0.2, 0) is 4.79 Å². The van der Waals surface area contributed by atoms with Crippen molar-refractivity contribution in [3.05, 3.63) is 24.3 Å². The van der Waals surface area contributed by atoms with E-state index in [4.69, 9.17) is 0 Å². The minimum Gasteiger partial charge on any atom is -0.303 e. The van der Waals surface area contributed by atoms with Gasteiger partial charge >= 0.3 is 0 Å². The fourth-order valence-electron chi connectivity index (χ4n) is 0.676. The van der Waals surface area contributed by atoms with Crippen LogP contribution in [0.1, 0.15) is 13.8 Å². The van der Waals surface area contributed by atoms with Gasteiger partial charge in [-0.15, -0.1) is 0 Å². The van der Waals surface area contributed by atoms with Crippen molar-refractivity contribution in [2.75, 3.05) is 0 Å². The molecule has 0 saturated heterocycles. The maximum Gasteiger partial charge on any atom is 0.122 e. The molecule has 1 heteroatoms. The molecule has 0 aromatic heterocycles. The summed E-state index contributed by atoms with van der Waals surface area (Å²) in [4.78, 5) is 9.50. The summed E-state index contributed by atoms with van der Waals surface area (Å²) in [6, 6.07) is 8.48. The van der Waals surface area contributed by atoms with Crippen molar-refractivity contribution in [3.8, 4) is 11.1 Å². The van der Waals surface area contributed by atoms with Crippen molar-refractivity contribution in [3.63, 3.8) is 0 Å². The first-order valence-electron chi connectivity index (χ1n) is 3.80. The fraction of sp³-hybridized carbons (Fsp3) is 0.300. The largest absolute Gasteiger partial charge is 0.303 e. The highest BCUT2D eigenvalue weighted by Gasteiger charge is 2.06. The number of aldehydes is 1. The normalized spacial score (nSPS) is 10.1. The molecule has 0 bridgehead atoms. The summed E-state index contributed by atoms with van der Waals surface area (Å²) in [6.07, 6.45) is 0.917. The third-order valence-corrected chi connectivity index (χ3v) is 1.38. The molecule has 0 N–H and O–H groups in total. The Kier molecular flexibility index (Phi) is 2.42. The number of hydrogen-bond donors (Lipinski definition) is 0. The number of fused-ring (bicyclic) bond motifs is 1. The number of benzene rings is 1. The van der Waals surface area contributed by atoms with Crippen LogP contribution in [0, 0.1) is 5.92 Å². The molecule has 0 aromatic carbocycles. The minimum atomic E-state index is 0.204. The Morgan fingerprint density at radius 3 is 1.82 bits per heavy atom. The molecule has 0 atom stereocenters. The van der Waals surface area contributed by atoms with Crippen LogP contribution in [0.15, 0.2) is 24.3 Å². The molecule has 0 aromatic rings. The molecule has 0 amide bonds. The third-order valence-electron chi connectivity index (χ3n) is 1.38. The summed E-state index contributed by atoms with van der Waals surface area (Å²) in [5, 5.41) is 0. The van der Waals surface area contributed by atoms with Crippen LogP contribution >= 0.6 is 0 Å². The lowest BCUT2D eigenvalue weighted by molar-refractivity contribution is -0.110. The molecule has 2 rings (SSSR count). The lowest BCUT2D eigenvalue weighted by Crippen LogP contribution is -1.82. The van der Waals surface area contributed by atoms with Crippen LogP contribution in [0.4, 0.5) is 0 Å². The van der Waals surface area contributed by atoms with E-state index >= 15 is 0 Å². The fourth-order valence-corrected chi connectivity index (χ4v) is 0.676. The summed E-state index contributed by atoms with van der Waals surface area (Å²) in [6.45, 7) is 3.71. The topological polar surface area (TPSA) is 17.1 Å². The zero-order valence-electron chi connectivity index (χ0n) is 6.87. The van der Waals surface area contributed by atoms with E-state index in [1.165, 1.54) is 11.1 Å². The zero-order chi connectivity index (χ0) is 8.27. The molecule has 0 radical (unpaired) electrons. The summed E-state index contributed by atoms with van der Waals surface area (Å²) < 4.78 is 0. The Hall–Kier alpha value is -1.11. The second-order valence-corrected chi connectivity index (χ2v) is 2.96. The minimum absolute atomic E-state index is 0.204. The van der Waals surface area contributed by atoms with E-state index in [0.29, 0.717) is 0 Å². The van der Waals surface area contributed by atoms with Gasteiger partial charge in [0, 0.05) is 5.92 Å². The first-order valence-corrected chi connectivity index (χ1v) is 3.80. The van der Waals surface area contributed by atoms with Crippen LogP contribution in [0.25, 0.3) is 11.1 Å². The molecular formula is C10H12O. The van der Waals surface area contributed by atoms with Crippen LogP contribution in [0.3, 0.4) is 0 Å². The van der Waals surface area contributed by atoms with Crippen LogP contribution < -0.4 is 0 Å². The lowest BCUT2D eigenvalue weighted by atomic mass is 10.3. The SMILES string of the molecule is CC(C)C=O.c1cc2cc-2c1. The van der Waals surface area contributed by atoms with Crippen LogP contribution in [-0.4, -0.2) is 6.29 Å². The van der Waals surface area contributed by atoms with Crippen LogP contribution in [0.5, 0.6) is 0 Å². The van der Waals surface area contributed by atoms with Gasteiger partial charge in [0.1, 0.15) is 6.29 Å². The number of hydrogen-bond acceptors (Lipinski definition) is 1. The quantitative estimate of drug-likeness (QED) is 0.568. The molecule has 1 nitrogen and oxygen atoms in total. The van der Waals surface area contributed by atoms with Crippen LogP contribution in [0.2, 0.25) is 0 Å². The van der Waals surface area contributed by atoms with Gasteiger partial charge in [0.25, 0.3) is 0 Å². The first kappa shape index (κ1) is 7.99. The standard InChI is InChI=1S/C6H4.C4H8O/c1-2-5-4-6(5)3-1;1-4(2)3-5/h1-4H;3-4H,1-2H3. The van der Waals surface area contributed by atoms with Gasteiger partial charge in [-0.1, -0.05) is 32.0 Å². The molecule has 0 heterocycles. The molecule has 0 unspecified atom stereocenters. The van der Waals surface area contributed by atoms with Gasteiger partial charge in [0.2, 0.25) is 0 Å². The lowest BCUT2D eigenvalue weighted by Gasteiger charge is -1.78. The predicted molar refractivity (Wildman–Crippen MR) is 46.3 cm³/mol. The molecule has 2 aliphatic rings. The van der Waals surface area contributed by atoms with E-state index in [9.17, 15) is 4.79 Å². The maximum absolute atomic E-state index is 9.50. The van der Waals surface area contributed by atoms with Gasteiger partial charge in [0.15, 0.2) is 0 Å². The average Bonchev–Trinajstić information content (AvgIpc) is 2.61. The molecule has 0 spiro atoms.